The van der Waals surface area contributed by atoms with Gasteiger partial charge in [-0.05, 0) is 35.8 Å². The molecule has 9 heteroatoms. The van der Waals surface area contributed by atoms with Gasteiger partial charge < -0.3 is 14.9 Å². The van der Waals surface area contributed by atoms with Crippen molar-refractivity contribution in [3.8, 4) is 0 Å². The molecule has 1 aromatic carbocycles. The number of carbonyl (C=O) groups excluding carboxylic acids is 1. The minimum Gasteiger partial charge on any atom is -0.506 e. The molecule has 1 atom stereocenters. The van der Waals surface area contributed by atoms with E-state index >= 15 is 0 Å². The number of aliphatic hydroxyl groups excluding tert-OH is 2. The number of aliphatic imine (C=N–C) groups is 1. The van der Waals surface area contributed by atoms with E-state index in [9.17, 15) is 23.1 Å². The molecule has 24 heavy (non-hydrogen) atoms. The molecule has 0 fully saturated rings. The van der Waals surface area contributed by atoms with E-state index in [0.29, 0.717) is 6.07 Å². The van der Waals surface area contributed by atoms with Gasteiger partial charge in [-0.3, -0.25) is 4.99 Å². The number of ether oxygens (including phenoxy) is 1. The maximum atomic E-state index is 14.0. The number of benzene rings is 1. The summed E-state index contributed by atoms with van der Waals surface area (Å²) >= 11 is 2.53. The maximum absolute atomic E-state index is 14.0. The molecule has 2 N–H and O–H groups in total. The highest BCUT2D eigenvalue weighted by Crippen LogP contribution is 2.29. The number of aliphatic hydroxyl groups is 2. The molecule has 0 spiro atoms. The Morgan fingerprint density at radius 2 is 2.04 bits per heavy atom. The standard InChI is InChI=1S/C15H15BrF3NO4/c1-3-24-15(23)9(5-20-7(2)6-21)14(22)8-4-10(17)11(16)13(19)12(8)18/h4-5,7,21-22H,3,6H2,1-2H3/t7-/m1/s1. The summed E-state index contributed by atoms with van der Waals surface area (Å²) in [5.74, 6) is -6.37. The van der Waals surface area contributed by atoms with Gasteiger partial charge in [0.15, 0.2) is 11.6 Å². The van der Waals surface area contributed by atoms with Crippen LogP contribution < -0.4 is 0 Å². The van der Waals surface area contributed by atoms with E-state index in [-0.39, 0.29) is 13.2 Å². The maximum Gasteiger partial charge on any atom is 0.343 e. The van der Waals surface area contributed by atoms with Crippen LogP contribution in [0.3, 0.4) is 0 Å². The van der Waals surface area contributed by atoms with Gasteiger partial charge in [0, 0.05) is 6.21 Å². The van der Waals surface area contributed by atoms with Crippen molar-refractivity contribution < 1.29 is 32.9 Å². The van der Waals surface area contributed by atoms with E-state index in [1.165, 1.54) is 13.8 Å². The molecule has 5 nitrogen and oxygen atoms in total. The number of rotatable bonds is 6. The molecule has 132 valence electrons. The molecular weight excluding hydrogens is 395 g/mol. The zero-order chi connectivity index (χ0) is 18.4. The zero-order valence-electron chi connectivity index (χ0n) is 12.8. The van der Waals surface area contributed by atoms with Crippen LogP contribution in [-0.2, 0) is 9.53 Å². The third-order valence-electron chi connectivity index (χ3n) is 2.83. The summed E-state index contributed by atoms with van der Waals surface area (Å²) in [4.78, 5) is 15.7. The second-order valence-corrected chi connectivity index (χ2v) is 5.43. The lowest BCUT2D eigenvalue weighted by Crippen LogP contribution is -2.14. The van der Waals surface area contributed by atoms with E-state index in [1.54, 1.807) is 0 Å². The van der Waals surface area contributed by atoms with Gasteiger partial charge in [-0.25, -0.2) is 18.0 Å². The van der Waals surface area contributed by atoms with Crippen LogP contribution in [0.5, 0.6) is 0 Å². The molecule has 0 aromatic heterocycles. The minimum absolute atomic E-state index is 0.0510. The Balaban J connectivity index is 3.53. The first kappa shape index (κ1) is 20.2. The van der Waals surface area contributed by atoms with Crippen molar-refractivity contribution in [2.45, 2.75) is 19.9 Å². The van der Waals surface area contributed by atoms with E-state index in [4.69, 9.17) is 9.84 Å². The molecule has 0 bridgehead atoms. The quantitative estimate of drug-likeness (QED) is 0.189. The Hall–Kier alpha value is -1.87. The number of esters is 1. The van der Waals surface area contributed by atoms with Gasteiger partial charge in [0.25, 0.3) is 0 Å². The summed E-state index contributed by atoms with van der Waals surface area (Å²) in [7, 11) is 0. The van der Waals surface area contributed by atoms with Crippen molar-refractivity contribution in [1.82, 2.24) is 0 Å². The highest BCUT2D eigenvalue weighted by molar-refractivity contribution is 9.10. The fourth-order valence-corrected chi connectivity index (χ4v) is 1.85. The summed E-state index contributed by atoms with van der Waals surface area (Å²) in [5.41, 5.74) is -1.46. The van der Waals surface area contributed by atoms with Crippen molar-refractivity contribution in [2.75, 3.05) is 13.2 Å². The van der Waals surface area contributed by atoms with Crippen LogP contribution in [0.25, 0.3) is 5.76 Å². The lowest BCUT2D eigenvalue weighted by Gasteiger charge is -2.10. The fourth-order valence-electron chi connectivity index (χ4n) is 1.56. The van der Waals surface area contributed by atoms with Gasteiger partial charge in [0.05, 0.1) is 29.3 Å². The van der Waals surface area contributed by atoms with Crippen molar-refractivity contribution in [1.29, 1.82) is 0 Å². The van der Waals surface area contributed by atoms with Gasteiger partial charge in [-0.1, -0.05) is 0 Å². The third kappa shape index (κ3) is 4.57. The van der Waals surface area contributed by atoms with E-state index in [0.717, 1.165) is 6.21 Å². The first-order chi connectivity index (χ1) is 11.2. The molecule has 1 rings (SSSR count). The van der Waals surface area contributed by atoms with Gasteiger partial charge >= 0.3 is 5.97 Å². The molecule has 0 aliphatic heterocycles. The van der Waals surface area contributed by atoms with Crippen molar-refractivity contribution in [2.24, 2.45) is 4.99 Å². The summed E-state index contributed by atoms with van der Waals surface area (Å²) in [6.45, 7) is 2.61. The summed E-state index contributed by atoms with van der Waals surface area (Å²) in [6, 6.07) is -0.0918. The first-order valence-electron chi connectivity index (χ1n) is 6.82. The first-order valence-corrected chi connectivity index (χ1v) is 7.61. The lowest BCUT2D eigenvalue weighted by molar-refractivity contribution is -0.137. The lowest BCUT2D eigenvalue weighted by atomic mass is 10.1. The van der Waals surface area contributed by atoms with E-state index in [2.05, 4.69) is 20.9 Å². The fraction of sp³-hybridized carbons (Fsp3) is 0.333. The van der Waals surface area contributed by atoms with Crippen LogP contribution in [0.1, 0.15) is 19.4 Å². The topological polar surface area (TPSA) is 79.1 Å². The van der Waals surface area contributed by atoms with Crippen molar-refractivity contribution in [3.05, 3.63) is 39.1 Å². The Morgan fingerprint density at radius 1 is 1.42 bits per heavy atom. The molecule has 0 aliphatic rings. The Bertz CT molecular complexity index is 692. The third-order valence-corrected chi connectivity index (χ3v) is 3.56. The van der Waals surface area contributed by atoms with Crippen LogP contribution >= 0.6 is 15.9 Å². The number of nitrogens with zero attached hydrogens (tertiary/aromatic N) is 1. The molecule has 0 heterocycles. The minimum atomic E-state index is -1.56. The van der Waals surface area contributed by atoms with E-state index in [1.807, 2.05) is 0 Å². The second kappa shape index (κ2) is 8.84. The molecule has 0 saturated heterocycles. The largest absolute Gasteiger partial charge is 0.506 e. The Kier molecular flexibility index (Phi) is 7.43. The molecule has 0 radical (unpaired) electrons. The Morgan fingerprint density at radius 3 is 2.58 bits per heavy atom. The Labute approximate surface area is 144 Å². The molecule has 0 aliphatic carbocycles. The van der Waals surface area contributed by atoms with Crippen molar-refractivity contribution in [3.63, 3.8) is 0 Å². The number of halogens is 4. The van der Waals surface area contributed by atoms with Gasteiger partial charge in [0.1, 0.15) is 17.1 Å². The molecule has 0 unspecified atom stereocenters. The summed E-state index contributed by atoms with van der Waals surface area (Å²) < 4.78 is 45.1. The van der Waals surface area contributed by atoms with Crippen molar-refractivity contribution >= 4 is 33.9 Å². The monoisotopic (exact) mass is 409 g/mol. The summed E-state index contributed by atoms with van der Waals surface area (Å²) in [6.07, 6.45) is 0.853. The zero-order valence-corrected chi connectivity index (χ0v) is 14.4. The molecule has 0 amide bonds. The van der Waals surface area contributed by atoms with Crippen LogP contribution in [0.4, 0.5) is 13.2 Å². The highest BCUT2D eigenvalue weighted by atomic mass is 79.9. The predicted molar refractivity (Wildman–Crippen MR) is 85.2 cm³/mol. The number of hydrogen-bond donors (Lipinski definition) is 2. The smallest absolute Gasteiger partial charge is 0.343 e. The highest BCUT2D eigenvalue weighted by Gasteiger charge is 2.24. The summed E-state index contributed by atoms with van der Waals surface area (Å²) in [5, 5.41) is 19.0. The second-order valence-electron chi connectivity index (χ2n) is 4.64. The van der Waals surface area contributed by atoms with Crippen LogP contribution in [0.15, 0.2) is 21.1 Å². The molecule has 0 saturated carbocycles. The van der Waals surface area contributed by atoms with Crippen LogP contribution in [-0.4, -0.2) is 41.7 Å². The normalized spacial score (nSPS) is 13.8. The molecule has 1 aromatic rings. The van der Waals surface area contributed by atoms with Gasteiger partial charge in [-0.2, -0.15) is 0 Å². The average Bonchev–Trinajstić information content (AvgIpc) is 2.56. The molecular formula is C15H15BrF3NO4. The van der Waals surface area contributed by atoms with E-state index < -0.39 is 50.8 Å². The average molecular weight is 410 g/mol. The SMILES string of the molecule is CCOC(=O)C(C=N[C@H](C)CO)=C(O)c1cc(F)c(Br)c(F)c1F. The van der Waals surface area contributed by atoms with Gasteiger partial charge in [0.2, 0.25) is 0 Å². The number of hydrogen-bond acceptors (Lipinski definition) is 5. The predicted octanol–water partition coefficient (Wildman–Crippen LogP) is 3.15. The van der Waals surface area contributed by atoms with Gasteiger partial charge in [-0.15, -0.1) is 0 Å². The number of carbonyl (C=O) groups is 1. The van der Waals surface area contributed by atoms with Crippen LogP contribution in [0, 0.1) is 17.5 Å². The van der Waals surface area contributed by atoms with Crippen LogP contribution in [0.2, 0.25) is 0 Å².